The molecular formula is C13H16N2. The van der Waals surface area contributed by atoms with Crippen molar-refractivity contribution in [1.82, 2.24) is 9.80 Å². The first kappa shape index (κ1) is 9.84. The summed E-state index contributed by atoms with van der Waals surface area (Å²) in [4.78, 5) is 4.20. The van der Waals surface area contributed by atoms with Crippen LogP contribution in [0.5, 0.6) is 0 Å². The Labute approximate surface area is 91.2 Å². The monoisotopic (exact) mass is 200 g/mol. The second-order valence-electron chi connectivity index (χ2n) is 3.67. The summed E-state index contributed by atoms with van der Waals surface area (Å²) in [5.41, 5.74) is 2.52. The smallest absolute Gasteiger partial charge is 0.0191 e. The highest BCUT2D eigenvalue weighted by atomic mass is 15.1. The molecule has 0 aromatic heterocycles. The van der Waals surface area contributed by atoms with Gasteiger partial charge in [-0.15, -0.1) is 0 Å². The van der Waals surface area contributed by atoms with Crippen LogP contribution < -0.4 is 0 Å². The predicted octanol–water partition coefficient (Wildman–Crippen LogP) is 2.62. The van der Waals surface area contributed by atoms with Crippen molar-refractivity contribution in [1.29, 1.82) is 0 Å². The highest BCUT2D eigenvalue weighted by molar-refractivity contribution is 5.48. The van der Waals surface area contributed by atoms with Crippen LogP contribution in [0.2, 0.25) is 0 Å². The third-order valence-corrected chi connectivity index (χ3v) is 2.57. The summed E-state index contributed by atoms with van der Waals surface area (Å²) >= 11 is 0. The average molecular weight is 200 g/mol. The minimum atomic E-state index is 1.02. The molecule has 0 atom stereocenters. The summed E-state index contributed by atoms with van der Waals surface area (Å²) in [6.45, 7) is 3.16. The Balaban J connectivity index is 2.19. The van der Waals surface area contributed by atoms with Gasteiger partial charge in [0, 0.05) is 38.4 Å². The zero-order valence-electron chi connectivity index (χ0n) is 9.22. The van der Waals surface area contributed by atoms with Gasteiger partial charge in [-0.2, -0.15) is 0 Å². The van der Waals surface area contributed by atoms with E-state index in [1.165, 1.54) is 11.1 Å². The minimum Gasteiger partial charge on any atom is -0.357 e. The third kappa shape index (κ3) is 2.21. The molecule has 0 aliphatic carbocycles. The summed E-state index contributed by atoms with van der Waals surface area (Å²) in [6, 6.07) is 0. The lowest BCUT2D eigenvalue weighted by Crippen LogP contribution is -2.11. The molecule has 0 unspecified atom stereocenters. The molecule has 2 aliphatic rings. The fourth-order valence-corrected chi connectivity index (χ4v) is 1.55. The first-order valence-electron chi connectivity index (χ1n) is 5.24. The van der Waals surface area contributed by atoms with Crippen molar-refractivity contribution in [2.45, 2.75) is 6.92 Å². The standard InChI is InChI=1S/C13H16N2/c1-3-15-10-6-13(7-11-15)12-4-8-14(2)9-5-12/h4-11H,3H2,1-2H3. The second-order valence-corrected chi connectivity index (χ2v) is 3.67. The van der Waals surface area contributed by atoms with Gasteiger partial charge in [0.05, 0.1) is 0 Å². The molecule has 0 bridgehead atoms. The van der Waals surface area contributed by atoms with Crippen LogP contribution in [0, 0.1) is 0 Å². The van der Waals surface area contributed by atoms with E-state index in [4.69, 9.17) is 0 Å². The molecule has 0 radical (unpaired) electrons. The molecule has 0 N–H and O–H groups in total. The van der Waals surface area contributed by atoms with Crippen LogP contribution >= 0.6 is 0 Å². The van der Waals surface area contributed by atoms with E-state index in [1.54, 1.807) is 0 Å². The summed E-state index contributed by atoms with van der Waals surface area (Å²) in [5, 5.41) is 0. The van der Waals surface area contributed by atoms with E-state index in [2.05, 4.69) is 60.9 Å². The van der Waals surface area contributed by atoms with Gasteiger partial charge in [-0.25, -0.2) is 0 Å². The Kier molecular flexibility index (Phi) is 2.77. The molecule has 0 aromatic rings. The van der Waals surface area contributed by atoms with Crippen LogP contribution in [0.25, 0.3) is 0 Å². The van der Waals surface area contributed by atoms with Crippen molar-refractivity contribution < 1.29 is 0 Å². The molecule has 78 valence electrons. The Morgan fingerprint density at radius 2 is 1.33 bits per heavy atom. The van der Waals surface area contributed by atoms with Crippen molar-refractivity contribution >= 4 is 0 Å². The van der Waals surface area contributed by atoms with Gasteiger partial charge in [0.25, 0.3) is 0 Å². The normalized spacial score (nSPS) is 19.3. The number of hydrogen-bond donors (Lipinski definition) is 0. The lowest BCUT2D eigenvalue weighted by molar-refractivity contribution is 0.532. The SMILES string of the molecule is CCN1C=CC(=C2C=CN(C)C=C2)C=C1. The van der Waals surface area contributed by atoms with Gasteiger partial charge in [-0.1, -0.05) is 0 Å². The van der Waals surface area contributed by atoms with E-state index < -0.39 is 0 Å². The highest BCUT2D eigenvalue weighted by Crippen LogP contribution is 2.18. The Morgan fingerprint density at radius 1 is 0.867 bits per heavy atom. The van der Waals surface area contributed by atoms with E-state index in [1.807, 2.05) is 11.9 Å². The van der Waals surface area contributed by atoms with Gasteiger partial charge < -0.3 is 9.80 Å². The van der Waals surface area contributed by atoms with Crippen molar-refractivity contribution in [3.8, 4) is 0 Å². The number of nitrogens with zero attached hydrogens (tertiary/aromatic N) is 2. The molecule has 2 nitrogen and oxygen atoms in total. The molecule has 0 saturated heterocycles. The van der Waals surface area contributed by atoms with E-state index in [-0.39, 0.29) is 0 Å². The largest absolute Gasteiger partial charge is 0.357 e. The maximum absolute atomic E-state index is 2.16. The molecule has 0 spiro atoms. The van der Waals surface area contributed by atoms with Crippen LogP contribution in [-0.2, 0) is 0 Å². The summed E-state index contributed by atoms with van der Waals surface area (Å²) < 4.78 is 0. The zero-order chi connectivity index (χ0) is 10.7. The lowest BCUT2D eigenvalue weighted by atomic mass is 10.1. The second kappa shape index (κ2) is 4.22. The zero-order valence-corrected chi connectivity index (χ0v) is 9.22. The summed E-state index contributed by atoms with van der Waals surface area (Å²) in [6.07, 6.45) is 16.9. The van der Waals surface area contributed by atoms with E-state index in [0.29, 0.717) is 0 Å². The molecule has 0 saturated carbocycles. The van der Waals surface area contributed by atoms with Crippen molar-refractivity contribution in [3.05, 3.63) is 60.3 Å². The van der Waals surface area contributed by atoms with Crippen LogP contribution in [0.1, 0.15) is 6.92 Å². The fraction of sp³-hybridized carbons (Fsp3) is 0.231. The average Bonchev–Trinajstić information content (AvgIpc) is 2.30. The summed E-state index contributed by atoms with van der Waals surface area (Å²) in [5.74, 6) is 0. The molecule has 2 rings (SSSR count). The van der Waals surface area contributed by atoms with E-state index in [0.717, 1.165) is 6.54 Å². The maximum Gasteiger partial charge on any atom is 0.0191 e. The minimum absolute atomic E-state index is 1.02. The van der Waals surface area contributed by atoms with Crippen LogP contribution in [0.4, 0.5) is 0 Å². The van der Waals surface area contributed by atoms with Crippen molar-refractivity contribution in [2.24, 2.45) is 0 Å². The highest BCUT2D eigenvalue weighted by Gasteiger charge is 2.03. The molecule has 15 heavy (non-hydrogen) atoms. The third-order valence-electron chi connectivity index (χ3n) is 2.57. The Morgan fingerprint density at radius 3 is 1.80 bits per heavy atom. The molecule has 2 aliphatic heterocycles. The molecule has 2 heteroatoms. The maximum atomic E-state index is 2.16. The van der Waals surface area contributed by atoms with Gasteiger partial charge in [-0.3, -0.25) is 0 Å². The van der Waals surface area contributed by atoms with Gasteiger partial charge in [0.1, 0.15) is 0 Å². The molecular weight excluding hydrogens is 184 g/mol. The summed E-state index contributed by atoms with van der Waals surface area (Å²) in [7, 11) is 2.03. The first-order chi connectivity index (χ1) is 7.29. The number of allylic oxidation sites excluding steroid dienone is 6. The van der Waals surface area contributed by atoms with Gasteiger partial charge in [0.15, 0.2) is 0 Å². The number of rotatable bonds is 1. The van der Waals surface area contributed by atoms with E-state index >= 15 is 0 Å². The Bertz CT molecular complexity index is 351. The molecule has 0 amide bonds. The van der Waals surface area contributed by atoms with E-state index in [9.17, 15) is 0 Å². The lowest BCUT2D eigenvalue weighted by Gasteiger charge is -2.18. The predicted molar refractivity (Wildman–Crippen MR) is 63.7 cm³/mol. The van der Waals surface area contributed by atoms with Gasteiger partial charge in [0.2, 0.25) is 0 Å². The van der Waals surface area contributed by atoms with Crippen LogP contribution in [-0.4, -0.2) is 23.4 Å². The van der Waals surface area contributed by atoms with Crippen LogP contribution in [0.15, 0.2) is 60.3 Å². The number of hydrogen-bond acceptors (Lipinski definition) is 2. The molecule has 0 fully saturated rings. The molecule has 0 aromatic carbocycles. The Hall–Kier alpha value is -1.70. The van der Waals surface area contributed by atoms with Crippen LogP contribution in [0.3, 0.4) is 0 Å². The molecule has 2 heterocycles. The van der Waals surface area contributed by atoms with Crippen molar-refractivity contribution in [2.75, 3.05) is 13.6 Å². The quantitative estimate of drug-likeness (QED) is 0.642. The topological polar surface area (TPSA) is 6.48 Å². The first-order valence-corrected chi connectivity index (χ1v) is 5.24. The van der Waals surface area contributed by atoms with Gasteiger partial charge >= 0.3 is 0 Å². The van der Waals surface area contributed by atoms with Crippen molar-refractivity contribution in [3.63, 3.8) is 0 Å². The fourth-order valence-electron chi connectivity index (χ4n) is 1.55. The van der Waals surface area contributed by atoms with Gasteiger partial charge in [-0.05, 0) is 42.4 Å².